The highest BCUT2D eigenvalue weighted by Crippen LogP contribution is 2.25. The van der Waals surface area contributed by atoms with Gasteiger partial charge in [-0.3, -0.25) is 0 Å². The van der Waals surface area contributed by atoms with Gasteiger partial charge < -0.3 is 14.3 Å². The van der Waals surface area contributed by atoms with Crippen LogP contribution in [0.15, 0.2) is 0 Å². The summed E-state index contributed by atoms with van der Waals surface area (Å²) in [6.07, 6.45) is -0.0962. The van der Waals surface area contributed by atoms with Gasteiger partial charge in [-0.05, 0) is 13.8 Å². The van der Waals surface area contributed by atoms with Crippen LogP contribution in [-0.4, -0.2) is 15.9 Å². The Morgan fingerprint density at radius 3 is 1.86 bits per heavy atom. The summed E-state index contributed by atoms with van der Waals surface area (Å²) in [6.45, 7) is 3.48. The summed E-state index contributed by atoms with van der Waals surface area (Å²) in [7, 11) is -2.14. The van der Waals surface area contributed by atoms with Crippen LogP contribution in [0, 0.1) is 0 Å². The normalized spacial score (nSPS) is 11.1. The first kappa shape index (κ1) is 7.31. The van der Waals surface area contributed by atoms with Crippen LogP contribution in [0.5, 0.6) is 0 Å². The molecule has 0 aromatic rings. The Bertz CT molecular complexity index is 39.4. The Morgan fingerprint density at radius 2 is 1.86 bits per heavy atom. The second-order valence-corrected chi connectivity index (χ2v) is 2.12. The van der Waals surface area contributed by atoms with Crippen molar-refractivity contribution in [3.63, 3.8) is 0 Å². The predicted octanol–water partition coefficient (Wildman–Crippen LogP) is 0.623. The summed E-state index contributed by atoms with van der Waals surface area (Å²) in [6, 6.07) is 0. The van der Waals surface area contributed by atoms with Gasteiger partial charge in [0.2, 0.25) is 0 Å². The summed E-state index contributed by atoms with van der Waals surface area (Å²) in [5.74, 6) is 0. The van der Waals surface area contributed by atoms with Gasteiger partial charge in [0, 0.05) is 0 Å². The minimum atomic E-state index is -2.14. The van der Waals surface area contributed by atoms with Crippen LogP contribution in [0.25, 0.3) is 0 Å². The van der Waals surface area contributed by atoms with Crippen LogP contribution in [0.2, 0.25) is 0 Å². The fraction of sp³-hybridized carbons (Fsp3) is 1.00. The van der Waals surface area contributed by atoms with Crippen molar-refractivity contribution in [1.82, 2.24) is 0 Å². The van der Waals surface area contributed by atoms with E-state index in [1.54, 1.807) is 13.8 Å². The van der Waals surface area contributed by atoms with Crippen LogP contribution in [0.4, 0.5) is 0 Å². The van der Waals surface area contributed by atoms with Gasteiger partial charge in [-0.1, -0.05) is 0 Å². The third kappa shape index (κ3) is 6.31. The molecule has 0 aromatic heterocycles. The maximum absolute atomic E-state index is 8.12. The van der Waals surface area contributed by atoms with E-state index in [-0.39, 0.29) is 6.10 Å². The molecule has 4 heteroatoms. The van der Waals surface area contributed by atoms with Gasteiger partial charge in [0.05, 0.1) is 6.10 Å². The summed E-state index contributed by atoms with van der Waals surface area (Å²) >= 11 is 0. The molecule has 0 bridgehead atoms. The lowest BCUT2D eigenvalue weighted by molar-refractivity contribution is 0.201. The second-order valence-electron chi connectivity index (χ2n) is 1.41. The lowest BCUT2D eigenvalue weighted by Crippen LogP contribution is -1.95. The highest BCUT2D eigenvalue weighted by Gasteiger charge is 2.00. The molecule has 0 aromatic carbocycles. The molecule has 0 fully saturated rings. The van der Waals surface area contributed by atoms with Gasteiger partial charge >= 0.3 is 8.60 Å². The zero-order valence-electron chi connectivity index (χ0n) is 4.33. The first-order chi connectivity index (χ1) is 3.13. The Balaban J connectivity index is 2.95. The van der Waals surface area contributed by atoms with Gasteiger partial charge in [0.25, 0.3) is 0 Å². The Hall–Kier alpha value is 0.310. The standard InChI is InChI=1S/C3H9O3P/c1-3(2)6-7(4)5/h3-5H,1-2H3. The van der Waals surface area contributed by atoms with Crippen molar-refractivity contribution in [2.45, 2.75) is 20.0 Å². The quantitative estimate of drug-likeness (QED) is 0.530. The number of rotatable bonds is 2. The van der Waals surface area contributed by atoms with Crippen LogP contribution in [0.3, 0.4) is 0 Å². The fourth-order valence-corrected chi connectivity index (χ4v) is 0.566. The lowest BCUT2D eigenvalue weighted by atomic mass is 10.5. The predicted molar refractivity (Wildman–Crippen MR) is 27.6 cm³/mol. The third-order valence-corrected chi connectivity index (χ3v) is 0.915. The molecule has 7 heavy (non-hydrogen) atoms. The summed E-state index contributed by atoms with van der Waals surface area (Å²) in [5, 5.41) is 0. The SMILES string of the molecule is CC(C)OP(O)O. The van der Waals surface area contributed by atoms with Gasteiger partial charge in [-0.2, -0.15) is 0 Å². The molecule has 0 saturated heterocycles. The molecule has 0 spiro atoms. The van der Waals surface area contributed by atoms with Crippen LogP contribution < -0.4 is 0 Å². The van der Waals surface area contributed by atoms with Gasteiger partial charge in [0.15, 0.2) is 0 Å². The Labute approximate surface area is 43.9 Å². The summed E-state index contributed by atoms with van der Waals surface area (Å²) < 4.78 is 4.43. The molecule has 0 aliphatic carbocycles. The number of hydrogen-bond acceptors (Lipinski definition) is 3. The van der Waals surface area contributed by atoms with E-state index in [9.17, 15) is 0 Å². The molecule has 0 atom stereocenters. The highest BCUT2D eigenvalue weighted by atomic mass is 31.2. The number of hydrogen-bond donors (Lipinski definition) is 2. The van der Waals surface area contributed by atoms with Gasteiger partial charge in [-0.25, -0.2) is 0 Å². The van der Waals surface area contributed by atoms with E-state index in [0.29, 0.717) is 0 Å². The third-order valence-electron chi connectivity index (χ3n) is 0.305. The average molecular weight is 124 g/mol. The first-order valence-electron chi connectivity index (χ1n) is 1.97. The van der Waals surface area contributed by atoms with Crippen LogP contribution >= 0.6 is 8.60 Å². The average Bonchev–Trinajstić information content (AvgIpc) is 1.27. The molecule has 0 amide bonds. The molecule has 3 nitrogen and oxygen atoms in total. The largest absolute Gasteiger partial charge is 0.328 e. The van der Waals surface area contributed by atoms with Crippen molar-refractivity contribution in [3.8, 4) is 0 Å². The van der Waals surface area contributed by atoms with Crippen molar-refractivity contribution in [2.75, 3.05) is 0 Å². The molecule has 2 N–H and O–H groups in total. The molecule has 0 radical (unpaired) electrons. The molecule has 0 rings (SSSR count). The molecular weight excluding hydrogens is 115 g/mol. The smallest absolute Gasteiger partial charge is 0.327 e. The van der Waals surface area contributed by atoms with Crippen LogP contribution in [0.1, 0.15) is 13.8 Å². The van der Waals surface area contributed by atoms with Gasteiger partial charge in [0.1, 0.15) is 0 Å². The molecular formula is C3H9O3P. The van der Waals surface area contributed by atoms with Crippen LogP contribution in [-0.2, 0) is 4.52 Å². The maximum atomic E-state index is 8.12. The van der Waals surface area contributed by atoms with E-state index < -0.39 is 8.60 Å². The summed E-state index contributed by atoms with van der Waals surface area (Å²) in [4.78, 5) is 16.2. The van der Waals surface area contributed by atoms with E-state index in [0.717, 1.165) is 0 Å². The van der Waals surface area contributed by atoms with E-state index in [4.69, 9.17) is 9.79 Å². The molecule has 0 saturated carbocycles. The minimum Gasteiger partial charge on any atom is -0.328 e. The lowest BCUT2D eigenvalue weighted by Gasteiger charge is -2.04. The molecule has 0 heterocycles. The van der Waals surface area contributed by atoms with Crippen molar-refractivity contribution >= 4 is 8.60 Å². The molecule has 0 unspecified atom stereocenters. The van der Waals surface area contributed by atoms with Crippen molar-refractivity contribution in [1.29, 1.82) is 0 Å². The topological polar surface area (TPSA) is 49.7 Å². The van der Waals surface area contributed by atoms with E-state index in [1.807, 2.05) is 0 Å². The van der Waals surface area contributed by atoms with E-state index in [2.05, 4.69) is 4.52 Å². The second kappa shape index (κ2) is 3.33. The van der Waals surface area contributed by atoms with Gasteiger partial charge in [-0.15, -0.1) is 0 Å². The zero-order valence-corrected chi connectivity index (χ0v) is 5.22. The summed E-state index contributed by atoms with van der Waals surface area (Å²) in [5.41, 5.74) is 0. The van der Waals surface area contributed by atoms with E-state index >= 15 is 0 Å². The Kier molecular flexibility index (Phi) is 3.48. The Morgan fingerprint density at radius 1 is 1.43 bits per heavy atom. The molecule has 0 aliphatic rings. The highest BCUT2D eigenvalue weighted by molar-refractivity contribution is 7.39. The maximum Gasteiger partial charge on any atom is 0.327 e. The monoisotopic (exact) mass is 124 g/mol. The van der Waals surface area contributed by atoms with Crippen molar-refractivity contribution < 1.29 is 14.3 Å². The molecule has 0 aliphatic heterocycles. The van der Waals surface area contributed by atoms with E-state index in [1.165, 1.54) is 0 Å². The van der Waals surface area contributed by atoms with Crippen molar-refractivity contribution in [2.24, 2.45) is 0 Å². The molecule has 44 valence electrons. The fourth-order valence-electron chi connectivity index (χ4n) is 0.189. The minimum absolute atomic E-state index is 0.0962. The van der Waals surface area contributed by atoms with Crippen molar-refractivity contribution in [3.05, 3.63) is 0 Å². The zero-order chi connectivity index (χ0) is 5.86. The first-order valence-corrected chi connectivity index (χ1v) is 3.14.